The van der Waals surface area contributed by atoms with Crippen LogP contribution in [0.25, 0.3) is 0 Å². The van der Waals surface area contributed by atoms with Gasteiger partial charge >= 0.3 is 5.97 Å². The van der Waals surface area contributed by atoms with Gasteiger partial charge in [-0.2, -0.15) is 0 Å². The third-order valence-electron chi connectivity index (χ3n) is 3.24. The minimum absolute atomic E-state index is 0.317. The third-order valence-corrected chi connectivity index (χ3v) is 3.24. The van der Waals surface area contributed by atoms with Gasteiger partial charge in [-0.05, 0) is 25.7 Å². The summed E-state index contributed by atoms with van der Waals surface area (Å²) in [6, 6.07) is 0. The average molecular weight is 212 g/mol. The van der Waals surface area contributed by atoms with Crippen molar-refractivity contribution < 1.29 is 9.53 Å². The summed E-state index contributed by atoms with van der Waals surface area (Å²) in [5.41, 5.74) is -0.347. The summed E-state index contributed by atoms with van der Waals surface area (Å²) in [4.78, 5) is 11.2. The molecule has 88 valence electrons. The van der Waals surface area contributed by atoms with Crippen LogP contribution >= 0.6 is 0 Å². The van der Waals surface area contributed by atoms with E-state index in [0.29, 0.717) is 5.92 Å². The van der Waals surface area contributed by atoms with Gasteiger partial charge in [-0.15, -0.1) is 0 Å². The van der Waals surface area contributed by atoms with Gasteiger partial charge in [0.25, 0.3) is 0 Å². The van der Waals surface area contributed by atoms with Gasteiger partial charge in [0.15, 0.2) is 0 Å². The molecular weight excluding hydrogens is 188 g/mol. The predicted molar refractivity (Wildman–Crippen MR) is 63.7 cm³/mol. The second-order valence-corrected chi connectivity index (χ2v) is 4.33. The van der Waals surface area contributed by atoms with Crippen LogP contribution < -0.4 is 0 Å². The molecule has 0 radical (unpaired) electrons. The molecule has 0 fully saturated rings. The lowest BCUT2D eigenvalue weighted by Gasteiger charge is -2.34. The number of rotatable bonds is 7. The molecule has 0 amide bonds. The van der Waals surface area contributed by atoms with Crippen LogP contribution in [-0.4, -0.2) is 11.6 Å². The molecule has 0 aliphatic heterocycles. The average Bonchev–Trinajstić information content (AvgIpc) is 2.25. The summed E-state index contributed by atoms with van der Waals surface area (Å²) in [7, 11) is 0. The number of esters is 1. The fourth-order valence-corrected chi connectivity index (χ4v) is 1.61. The quantitative estimate of drug-likeness (QED) is 0.475. The van der Waals surface area contributed by atoms with E-state index >= 15 is 0 Å². The molecule has 0 aliphatic carbocycles. The SMILES string of the molecule is C=CC(=O)OC(C)(CC)C(C)CCCC. The van der Waals surface area contributed by atoms with Gasteiger partial charge < -0.3 is 4.74 Å². The number of carbonyl (C=O) groups is 1. The molecule has 0 heterocycles. The molecular formula is C13H24O2. The first kappa shape index (κ1) is 14.2. The highest BCUT2D eigenvalue weighted by Crippen LogP contribution is 2.29. The van der Waals surface area contributed by atoms with Crippen LogP contribution in [0.2, 0.25) is 0 Å². The lowest BCUT2D eigenvalue weighted by molar-refractivity contribution is -0.157. The Bertz CT molecular complexity index is 211. The Kier molecular flexibility index (Phi) is 6.30. The van der Waals surface area contributed by atoms with Crippen molar-refractivity contribution >= 4 is 5.97 Å². The number of hydrogen-bond acceptors (Lipinski definition) is 2. The van der Waals surface area contributed by atoms with Crippen molar-refractivity contribution in [3.8, 4) is 0 Å². The Balaban J connectivity index is 4.38. The molecule has 0 saturated carbocycles. The van der Waals surface area contributed by atoms with E-state index in [9.17, 15) is 4.79 Å². The Morgan fingerprint density at radius 1 is 1.53 bits per heavy atom. The van der Waals surface area contributed by atoms with Gasteiger partial charge in [0.2, 0.25) is 0 Å². The molecule has 0 saturated heterocycles. The first-order valence-corrected chi connectivity index (χ1v) is 5.85. The normalized spacial score (nSPS) is 16.5. The molecule has 2 unspecified atom stereocenters. The number of unbranched alkanes of at least 4 members (excludes halogenated alkanes) is 1. The molecule has 2 nitrogen and oxygen atoms in total. The molecule has 0 aromatic carbocycles. The van der Waals surface area contributed by atoms with Crippen molar-refractivity contribution in [3.05, 3.63) is 12.7 Å². The number of hydrogen-bond donors (Lipinski definition) is 0. The lowest BCUT2D eigenvalue weighted by atomic mass is 9.84. The zero-order valence-electron chi connectivity index (χ0n) is 10.5. The fraction of sp³-hybridized carbons (Fsp3) is 0.769. The maximum atomic E-state index is 11.2. The van der Waals surface area contributed by atoms with Crippen molar-refractivity contribution in [3.63, 3.8) is 0 Å². The molecule has 0 aromatic rings. The highest BCUT2D eigenvalue weighted by Gasteiger charge is 2.32. The second kappa shape index (κ2) is 6.65. The van der Waals surface area contributed by atoms with Crippen LogP contribution in [0.1, 0.15) is 53.4 Å². The monoisotopic (exact) mass is 212 g/mol. The van der Waals surface area contributed by atoms with Crippen molar-refractivity contribution in [2.45, 2.75) is 59.0 Å². The zero-order chi connectivity index (χ0) is 11.9. The van der Waals surface area contributed by atoms with Crippen LogP contribution in [0.4, 0.5) is 0 Å². The van der Waals surface area contributed by atoms with Crippen LogP contribution in [0, 0.1) is 5.92 Å². The summed E-state index contributed by atoms with van der Waals surface area (Å²) in [5, 5.41) is 0. The van der Waals surface area contributed by atoms with E-state index in [1.807, 2.05) is 6.92 Å². The lowest BCUT2D eigenvalue weighted by Crippen LogP contribution is -2.37. The zero-order valence-corrected chi connectivity index (χ0v) is 10.5. The maximum Gasteiger partial charge on any atom is 0.330 e. The first-order chi connectivity index (χ1) is 7.00. The van der Waals surface area contributed by atoms with E-state index in [-0.39, 0.29) is 11.6 Å². The van der Waals surface area contributed by atoms with Crippen molar-refractivity contribution in [1.82, 2.24) is 0 Å². The van der Waals surface area contributed by atoms with Crippen molar-refractivity contribution in [2.75, 3.05) is 0 Å². The highest BCUT2D eigenvalue weighted by atomic mass is 16.6. The molecule has 0 N–H and O–H groups in total. The Labute approximate surface area is 93.7 Å². The van der Waals surface area contributed by atoms with E-state index < -0.39 is 0 Å². The van der Waals surface area contributed by atoms with Crippen LogP contribution in [0.3, 0.4) is 0 Å². The summed E-state index contributed by atoms with van der Waals surface area (Å²) < 4.78 is 5.44. The molecule has 0 spiro atoms. The van der Waals surface area contributed by atoms with Gasteiger partial charge in [0.05, 0.1) is 0 Å². The van der Waals surface area contributed by atoms with Crippen molar-refractivity contribution in [2.24, 2.45) is 5.92 Å². The number of carbonyl (C=O) groups excluding carboxylic acids is 1. The van der Waals surface area contributed by atoms with Gasteiger partial charge in [-0.1, -0.05) is 40.2 Å². The predicted octanol–water partition coefficient (Wildman–Crippen LogP) is 3.71. The van der Waals surface area contributed by atoms with Gasteiger partial charge in [0.1, 0.15) is 5.60 Å². The van der Waals surface area contributed by atoms with E-state index in [0.717, 1.165) is 12.8 Å². The van der Waals surface area contributed by atoms with Crippen LogP contribution in [0.5, 0.6) is 0 Å². The summed E-state index contributed by atoms with van der Waals surface area (Å²) in [6.07, 6.45) is 5.55. The summed E-state index contributed by atoms with van der Waals surface area (Å²) in [6.45, 7) is 11.8. The molecule has 0 aromatic heterocycles. The molecule has 0 bridgehead atoms. The maximum absolute atomic E-state index is 11.2. The van der Waals surface area contributed by atoms with E-state index in [1.54, 1.807) is 0 Å². The molecule has 0 rings (SSSR count). The van der Waals surface area contributed by atoms with Crippen LogP contribution in [-0.2, 0) is 9.53 Å². The number of ether oxygens (including phenoxy) is 1. The minimum Gasteiger partial charge on any atom is -0.456 e. The summed E-state index contributed by atoms with van der Waals surface area (Å²) in [5.74, 6) is 0.0778. The van der Waals surface area contributed by atoms with Gasteiger partial charge in [0, 0.05) is 6.08 Å². The standard InChI is InChI=1S/C13H24O2/c1-6-9-10-11(4)13(5,8-3)15-12(14)7-2/h7,11H,2,6,8-10H2,1,3-5H3. The Morgan fingerprint density at radius 2 is 2.13 bits per heavy atom. The first-order valence-electron chi connectivity index (χ1n) is 5.85. The van der Waals surface area contributed by atoms with Crippen LogP contribution in [0.15, 0.2) is 12.7 Å². The topological polar surface area (TPSA) is 26.3 Å². The van der Waals surface area contributed by atoms with E-state index in [1.165, 1.54) is 18.9 Å². The molecule has 2 atom stereocenters. The van der Waals surface area contributed by atoms with Gasteiger partial charge in [-0.25, -0.2) is 4.79 Å². The third kappa shape index (κ3) is 4.50. The fourth-order valence-electron chi connectivity index (χ4n) is 1.61. The largest absolute Gasteiger partial charge is 0.456 e. The second-order valence-electron chi connectivity index (χ2n) is 4.33. The molecule has 15 heavy (non-hydrogen) atoms. The minimum atomic E-state index is -0.347. The van der Waals surface area contributed by atoms with Gasteiger partial charge in [-0.3, -0.25) is 0 Å². The smallest absolute Gasteiger partial charge is 0.330 e. The van der Waals surface area contributed by atoms with Crippen molar-refractivity contribution in [1.29, 1.82) is 0 Å². The summed E-state index contributed by atoms with van der Waals surface area (Å²) >= 11 is 0. The molecule has 2 heteroatoms. The van der Waals surface area contributed by atoms with E-state index in [2.05, 4.69) is 27.4 Å². The van der Waals surface area contributed by atoms with E-state index in [4.69, 9.17) is 4.74 Å². The Morgan fingerprint density at radius 3 is 2.53 bits per heavy atom. The molecule has 0 aliphatic rings. The highest BCUT2D eigenvalue weighted by molar-refractivity contribution is 5.81. The Hall–Kier alpha value is -0.790.